The normalized spacial score (nSPS) is 15.7. The minimum atomic E-state index is -1.09. The lowest BCUT2D eigenvalue weighted by molar-refractivity contribution is -0.384. The standard InChI is InChI=1S/C16H21N3O5/c20-14(18-16(15(21)22)9-1-2-10-16)4-3-11-17-12-5-7-13(8-6-12)19(23)24/h5-8,17H,1-4,9-11H2,(H,18,20)(H,21,22). The largest absolute Gasteiger partial charge is 0.480 e. The number of hydrogen-bond donors (Lipinski definition) is 3. The number of carboxylic acid groups (broad SMARTS) is 1. The molecule has 0 aromatic heterocycles. The Morgan fingerprint density at radius 3 is 2.38 bits per heavy atom. The van der Waals surface area contributed by atoms with Crippen LogP contribution in [0.5, 0.6) is 0 Å². The van der Waals surface area contributed by atoms with Crippen LogP contribution in [0.25, 0.3) is 0 Å². The summed E-state index contributed by atoms with van der Waals surface area (Å²) in [6.45, 7) is 0.519. The van der Waals surface area contributed by atoms with Crippen LogP contribution < -0.4 is 10.6 Å². The quantitative estimate of drug-likeness (QED) is 0.381. The second kappa shape index (κ2) is 7.76. The van der Waals surface area contributed by atoms with Crippen LogP contribution in [0.1, 0.15) is 38.5 Å². The van der Waals surface area contributed by atoms with E-state index in [0.717, 1.165) is 18.5 Å². The molecule has 0 heterocycles. The number of hydrogen-bond acceptors (Lipinski definition) is 5. The van der Waals surface area contributed by atoms with Crippen molar-refractivity contribution in [3.05, 3.63) is 34.4 Å². The van der Waals surface area contributed by atoms with Crippen molar-refractivity contribution >= 4 is 23.3 Å². The Balaban J connectivity index is 1.72. The predicted molar refractivity (Wildman–Crippen MR) is 87.8 cm³/mol. The van der Waals surface area contributed by atoms with E-state index in [1.807, 2.05) is 0 Å². The molecule has 1 aliphatic carbocycles. The van der Waals surface area contributed by atoms with Crippen LogP contribution in [0.3, 0.4) is 0 Å². The van der Waals surface area contributed by atoms with E-state index in [0.29, 0.717) is 25.8 Å². The van der Waals surface area contributed by atoms with Crippen molar-refractivity contribution in [3.8, 4) is 0 Å². The van der Waals surface area contributed by atoms with Crippen molar-refractivity contribution in [1.82, 2.24) is 5.32 Å². The molecule has 1 aromatic rings. The molecule has 0 aliphatic heterocycles. The average molecular weight is 335 g/mol. The van der Waals surface area contributed by atoms with E-state index >= 15 is 0 Å². The van der Waals surface area contributed by atoms with E-state index < -0.39 is 16.4 Å². The Bertz CT molecular complexity index is 609. The summed E-state index contributed by atoms with van der Waals surface area (Å²) in [7, 11) is 0. The molecule has 130 valence electrons. The van der Waals surface area contributed by atoms with Crippen molar-refractivity contribution in [3.63, 3.8) is 0 Å². The average Bonchev–Trinajstić information content (AvgIpc) is 3.02. The summed E-state index contributed by atoms with van der Waals surface area (Å²) in [5.74, 6) is -1.22. The summed E-state index contributed by atoms with van der Waals surface area (Å²) in [4.78, 5) is 33.4. The van der Waals surface area contributed by atoms with E-state index in [9.17, 15) is 24.8 Å². The first-order chi connectivity index (χ1) is 11.4. The number of rotatable bonds is 8. The number of non-ortho nitro benzene ring substituents is 1. The molecule has 1 aliphatic rings. The smallest absolute Gasteiger partial charge is 0.329 e. The molecular weight excluding hydrogens is 314 g/mol. The lowest BCUT2D eigenvalue weighted by Gasteiger charge is -2.25. The Labute approximate surface area is 139 Å². The lowest BCUT2D eigenvalue weighted by atomic mass is 9.97. The highest BCUT2D eigenvalue weighted by Gasteiger charge is 2.42. The summed E-state index contributed by atoms with van der Waals surface area (Å²) in [6, 6.07) is 6.03. The van der Waals surface area contributed by atoms with Crippen LogP contribution >= 0.6 is 0 Å². The maximum atomic E-state index is 12.0. The van der Waals surface area contributed by atoms with Crippen LogP contribution in [-0.2, 0) is 9.59 Å². The number of carboxylic acids is 1. The second-order valence-electron chi connectivity index (χ2n) is 5.98. The van der Waals surface area contributed by atoms with Gasteiger partial charge in [-0.2, -0.15) is 0 Å². The Hall–Kier alpha value is -2.64. The van der Waals surface area contributed by atoms with Crippen molar-refractivity contribution in [1.29, 1.82) is 0 Å². The van der Waals surface area contributed by atoms with Crippen molar-refractivity contribution in [2.24, 2.45) is 0 Å². The first kappa shape index (κ1) is 17.7. The molecule has 0 atom stereocenters. The van der Waals surface area contributed by atoms with Gasteiger partial charge in [0.25, 0.3) is 5.69 Å². The third-order valence-electron chi connectivity index (χ3n) is 4.23. The molecule has 2 rings (SSSR count). The van der Waals surface area contributed by atoms with Crippen molar-refractivity contribution in [2.75, 3.05) is 11.9 Å². The molecule has 0 unspecified atom stereocenters. The second-order valence-corrected chi connectivity index (χ2v) is 5.98. The fourth-order valence-corrected chi connectivity index (χ4v) is 2.88. The minimum Gasteiger partial charge on any atom is -0.480 e. The summed E-state index contributed by atoms with van der Waals surface area (Å²) in [5, 5.41) is 25.6. The maximum absolute atomic E-state index is 12.0. The predicted octanol–water partition coefficient (Wildman–Crippen LogP) is 2.30. The molecule has 3 N–H and O–H groups in total. The highest BCUT2D eigenvalue weighted by Crippen LogP contribution is 2.30. The Morgan fingerprint density at radius 2 is 1.83 bits per heavy atom. The number of nitro groups is 1. The Morgan fingerprint density at radius 1 is 1.21 bits per heavy atom. The first-order valence-electron chi connectivity index (χ1n) is 7.96. The molecule has 8 heteroatoms. The van der Waals surface area contributed by atoms with Gasteiger partial charge < -0.3 is 15.7 Å². The van der Waals surface area contributed by atoms with Gasteiger partial charge in [0.2, 0.25) is 5.91 Å². The van der Waals surface area contributed by atoms with Gasteiger partial charge in [0.05, 0.1) is 4.92 Å². The van der Waals surface area contributed by atoms with Gasteiger partial charge in [0, 0.05) is 30.8 Å². The van der Waals surface area contributed by atoms with E-state index in [4.69, 9.17) is 0 Å². The lowest BCUT2D eigenvalue weighted by Crippen LogP contribution is -2.52. The maximum Gasteiger partial charge on any atom is 0.329 e. The molecule has 1 aromatic carbocycles. The van der Waals surface area contributed by atoms with Gasteiger partial charge >= 0.3 is 5.97 Å². The third kappa shape index (κ3) is 4.43. The first-order valence-corrected chi connectivity index (χ1v) is 7.96. The Kier molecular flexibility index (Phi) is 5.73. The van der Waals surface area contributed by atoms with Gasteiger partial charge in [-0.1, -0.05) is 12.8 Å². The zero-order chi connectivity index (χ0) is 17.6. The number of benzene rings is 1. The molecule has 24 heavy (non-hydrogen) atoms. The summed E-state index contributed by atoms with van der Waals surface area (Å²) in [6.07, 6.45) is 3.36. The van der Waals surface area contributed by atoms with Crippen molar-refractivity contribution < 1.29 is 19.6 Å². The van der Waals surface area contributed by atoms with Gasteiger partial charge in [0.1, 0.15) is 5.54 Å². The zero-order valence-electron chi connectivity index (χ0n) is 13.3. The third-order valence-corrected chi connectivity index (χ3v) is 4.23. The molecule has 1 saturated carbocycles. The van der Waals surface area contributed by atoms with E-state index in [-0.39, 0.29) is 18.0 Å². The fraction of sp³-hybridized carbons (Fsp3) is 0.500. The molecule has 1 amide bonds. The van der Waals surface area contributed by atoms with Gasteiger partial charge in [-0.3, -0.25) is 14.9 Å². The highest BCUT2D eigenvalue weighted by molar-refractivity contribution is 5.87. The molecule has 8 nitrogen and oxygen atoms in total. The van der Waals surface area contributed by atoms with Crippen LogP contribution in [-0.4, -0.2) is 34.0 Å². The number of nitrogens with zero attached hydrogens (tertiary/aromatic N) is 1. The summed E-state index contributed by atoms with van der Waals surface area (Å²) >= 11 is 0. The SMILES string of the molecule is O=C(CCCNc1ccc([N+](=O)[O-])cc1)NC1(C(=O)O)CCCC1. The number of anilines is 1. The monoisotopic (exact) mass is 335 g/mol. The number of carbonyl (C=O) groups is 2. The number of nitrogens with one attached hydrogen (secondary N) is 2. The number of amides is 1. The van der Waals surface area contributed by atoms with Crippen LogP contribution in [0.15, 0.2) is 24.3 Å². The topological polar surface area (TPSA) is 122 Å². The highest BCUT2D eigenvalue weighted by atomic mass is 16.6. The number of carbonyl (C=O) groups excluding carboxylic acids is 1. The minimum absolute atomic E-state index is 0.0236. The molecule has 0 saturated heterocycles. The molecule has 0 radical (unpaired) electrons. The van der Waals surface area contributed by atoms with Gasteiger partial charge in [0.15, 0.2) is 0 Å². The molecule has 0 spiro atoms. The van der Waals surface area contributed by atoms with Gasteiger partial charge in [-0.25, -0.2) is 4.79 Å². The molecular formula is C16H21N3O5. The zero-order valence-corrected chi connectivity index (χ0v) is 13.3. The molecule has 1 fully saturated rings. The van der Waals surface area contributed by atoms with Crippen LogP contribution in [0.2, 0.25) is 0 Å². The van der Waals surface area contributed by atoms with Gasteiger partial charge in [-0.05, 0) is 31.4 Å². The summed E-state index contributed by atoms with van der Waals surface area (Å²) in [5.41, 5.74) is -0.336. The van der Waals surface area contributed by atoms with E-state index in [2.05, 4.69) is 10.6 Å². The molecule has 0 bridgehead atoms. The van der Waals surface area contributed by atoms with Crippen molar-refractivity contribution in [2.45, 2.75) is 44.1 Å². The number of nitro benzene ring substituents is 1. The fourth-order valence-electron chi connectivity index (χ4n) is 2.88. The number of aliphatic carboxylic acids is 1. The van der Waals surface area contributed by atoms with E-state index in [1.54, 1.807) is 12.1 Å². The summed E-state index contributed by atoms with van der Waals surface area (Å²) < 4.78 is 0. The van der Waals surface area contributed by atoms with Gasteiger partial charge in [-0.15, -0.1) is 0 Å². The van der Waals surface area contributed by atoms with Crippen LogP contribution in [0, 0.1) is 10.1 Å². The van der Waals surface area contributed by atoms with E-state index in [1.165, 1.54) is 12.1 Å². The van der Waals surface area contributed by atoms with Crippen LogP contribution in [0.4, 0.5) is 11.4 Å².